The van der Waals surface area contributed by atoms with Crippen molar-refractivity contribution < 1.29 is 13.2 Å². The lowest BCUT2D eigenvalue weighted by atomic mass is 10.1. The minimum Gasteiger partial charge on any atom is -0.487 e. The van der Waals surface area contributed by atoms with Crippen LogP contribution in [-0.2, 0) is 16.4 Å². The first-order valence-electron chi connectivity index (χ1n) is 5.10. The SMILES string of the molecule is CNS(=O)(=O)c1cc(Cl)c2c(c1)CC(CN)O2. The molecule has 0 aliphatic carbocycles. The van der Waals surface area contributed by atoms with Crippen molar-refractivity contribution in [3.05, 3.63) is 22.7 Å². The molecule has 1 heterocycles. The van der Waals surface area contributed by atoms with Crippen molar-refractivity contribution in [3.8, 4) is 5.75 Å². The van der Waals surface area contributed by atoms with Gasteiger partial charge in [0.1, 0.15) is 11.9 Å². The van der Waals surface area contributed by atoms with E-state index >= 15 is 0 Å². The second-order valence-electron chi connectivity index (χ2n) is 3.78. The van der Waals surface area contributed by atoms with Gasteiger partial charge in [0.15, 0.2) is 0 Å². The zero-order chi connectivity index (χ0) is 12.6. The molecule has 0 saturated carbocycles. The first-order valence-corrected chi connectivity index (χ1v) is 6.96. The summed E-state index contributed by atoms with van der Waals surface area (Å²) in [7, 11) is -2.13. The maximum Gasteiger partial charge on any atom is 0.240 e. The molecule has 0 amide bonds. The minimum absolute atomic E-state index is 0.130. The summed E-state index contributed by atoms with van der Waals surface area (Å²) in [6, 6.07) is 2.95. The molecule has 1 aliphatic heterocycles. The fourth-order valence-corrected chi connectivity index (χ4v) is 2.92. The maximum atomic E-state index is 11.7. The summed E-state index contributed by atoms with van der Waals surface area (Å²) in [5, 5.41) is 0.298. The van der Waals surface area contributed by atoms with E-state index in [1.807, 2.05) is 0 Å². The van der Waals surface area contributed by atoms with Gasteiger partial charge in [-0.3, -0.25) is 0 Å². The van der Waals surface area contributed by atoms with E-state index in [1.54, 1.807) is 6.07 Å². The van der Waals surface area contributed by atoms with Crippen LogP contribution in [0, 0.1) is 0 Å². The number of nitrogens with two attached hydrogens (primary N) is 1. The summed E-state index contributed by atoms with van der Waals surface area (Å²) in [6.45, 7) is 0.374. The van der Waals surface area contributed by atoms with Crippen LogP contribution >= 0.6 is 11.6 Å². The molecule has 94 valence electrons. The van der Waals surface area contributed by atoms with Gasteiger partial charge in [-0.1, -0.05) is 11.6 Å². The van der Waals surface area contributed by atoms with Crippen LogP contribution in [0.5, 0.6) is 5.75 Å². The smallest absolute Gasteiger partial charge is 0.240 e. The predicted molar refractivity (Wildman–Crippen MR) is 64.9 cm³/mol. The van der Waals surface area contributed by atoms with Gasteiger partial charge in [0, 0.05) is 18.5 Å². The minimum atomic E-state index is -3.49. The van der Waals surface area contributed by atoms with E-state index in [2.05, 4.69) is 4.72 Å². The molecule has 1 atom stereocenters. The average Bonchev–Trinajstić information content (AvgIpc) is 2.72. The van der Waals surface area contributed by atoms with Crippen molar-refractivity contribution in [1.82, 2.24) is 4.72 Å². The highest BCUT2D eigenvalue weighted by molar-refractivity contribution is 7.89. The van der Waals surface area contributed by atoms with Gasteiger partial charge in [0.25, 0.3) is 0 Å². The molecule has 3 N–H and O–H groups in total. The van der Waals surface area contributed by atoms with Crippen molar-refractivity contribution in [1.29, 1.82) is 0 Å². The normalized spacial score (nSPS) is 18.9. The highest BCUT2D eigenvalue weighted by Crippen LogP contribution is 2.37. The van der Waals surface area contributed by atoms with Gasteiger partial charge in [-0.2, -0.15) is 0 Å². The molecule has 1 aromatic rings. The molecule has 5 nitrogen and oxygen atoms in total. The number of nitrogens with one attached hydrogen (secondary N) is 1. The van der Waals surface area contributed by atoms with Crippen LogP contribution in [0.2, 0.25) is 5.02 Å². The Bertz CT molecular complexity index is 545. The molecule has 1 aliphatic rings. The topological polar surface area (TPSA) is 81.4 Å². The summed E-state index contributed by atoms with van der Waals surface area (Å²) in [6.07, 6.45) is 0.452. The largest absolute Gasteiger partial charge is 0.487 e. The third kappa shape index (κ3) is 2.26. The second-order valence-corrected chi connectivity index (χ2v) is 6.07. The standard InChI is InChI=1S/C10H13ClN2O3S/c1-13-17(14,15)8-3-6-2-7(5-12)16-10(6)9(11)4-8/h3-4,7,13H,2,5,12H2,1H3. The average molecular weight is 277 g/mol. The van der Waals surface area contributed by atoms with E-state index in [1.165, 1.54) is 13.1 Å². The molecule has 0 saturated heterocycles. The van der Waals surface area contributed by atoms with Gasteiger partial charge >= 0.3 is 0 Å². The van der Waals surface area contributed by atoms with Crippen molar-refractivity contribution in [3.63, 3.8) is 0 Å². The quantitative estimate of drug-likeness (QED) is 0.843. The lowest BCUT2D eigenvalue weighted by Gasteiger charge is -2.08. The van der Waals surface area contributed by atoms with Gasteiger partial charge in [0.05, 0.1) is 9.92 Å². The first-order chi connectivity index (χ1) is 7.97. The van der Waals surface area contributed by atoms with Gasteiger partial charge in [-0.25, -0.2) is 13.1 Å². The van der Waals surface area contributed by atoms with E-state index in [0.717, 1.165) is 5.56 Å². The van der Waals surface area contributed by atoms with E-state index in [9.17, 15) is 8.42 Å². The maximum absolute atomic E-state index is 11.7. The molecule has 1 aromatic carbocycles. The van der Waals surface area contributed by atoms with Gasteiger partial charge < -0.3 is 10.5 Å². The highest BCUT2D eigenvalue weighted by Gasteiger charge is 2.26. The molecular formula is C10H13ClN2O3S. The van der Waals surface area contributed by atoms with Crippen LogP contribution in [0.25, 0.3) is 0 Å². The van der Waals surface area contributed by atoms with Crippen LogP contribution in [-0.4, -0.2) is 28.1 Å². The van der Waals surface area contributed by atoms with Crippen LogP contribution in [0.1, 0.15) is 5.56 Å². The lowest BCUT2D eigenvalue weighted by Crippen LogP contribution is -2.24. The Balaban J connectivity index is 2.48. The van der Waals surface area contributed by atoms with Crippen LogP contribution in [0.3, 0.4) is 0 Å². The molecule has 1 unspecified atom stereocenters. The highest BCUT2D eigenvalue weighted by atomic mass is 35.5. The number of benzene rings is 1. The Morgan fingerprint density at radius 3 is 2.88 bits per heavy atom. The second kappa shape index (κ2) is 4.45. The van der Waals surface area contributed by atoms with E-state index in [0.29, 0.717) is 23.7 Å². The monoisotopic (exact) mass is 276 g/mol. The molecule has 0 spiro atoms. The molecule has 7 heteroatoms. The number of halogens is 1. The van der Waals surface area contributed by atoms with Crippen LogP contribution in [0.4, 0.5) is 0 Å². The summed E-state index contributed by atoms with van der Waals surface area (Å²) in [5.74, 6) is 0.539. The zero-order valence-electron chi connectivity index (χ0n) is 9.23. The Labute approximate surface area is 105 Å². The predicted octanol–water partition coefficient (Wildman–Crippen LogP) is 0.510. The third-order valence-corrected chi connectivity index (χ3v) is 4.34. The lowest BCUT2D eigenvalue weighted by molar-refractivity contribution is 0.241. The first kappa shape index (κ1) is 12.6. The van der Waals surface area contributed by atoms with E-state index in [4.69, 9.17) is 22.1 Å². The molecule has 0 fully saturated rings. The molecule has 0 bridgehead atoms. The molecule has 17 heavy (non-hydrogen) atoms. The van der Waals surface area contributed by atoms with Crippen LogP contribution in [0.15, 0.2) is 17.0 Å². The third-order valence-electron chi connectivity index (χ3n) is 2.67. The van der Waals surface area contributed by atoms with Crippen molar-refractivity contribution in [2.45, 2.75) is 17.4 Å². The van der Waals surface area contributed by atoms with Crippen molar-refractivity contribution >= 4 is 21.6 Å². The number of sulfonamides is 1. The van der Waals surface area contributed by atoms with Gasteiger partial charge in [0.2, 0.25) is 10.0 Å². The number of fused-ring (bicyclic) bond motifs is 1. The summed E-state index contributed by atoms with van der Waals surface area (Å²) < 4.78 is 31.1. The number of hydrogen-bond donors (Lipinski definition) is 2. The number of rotatable bonds is 3. The fraction of sp³-hybridized carbons (Fsp3) is 0.400. The summed E-state index contributed by atoms with van der Waals surface area (Å²) >= 11 is 6.00. The van der Waals surface area contributed by atoms with Gasteiger partial charge in [-0.05, 0) is 19.2 Å². The van der Waals surface area contributed by atoms with Gasteiger partial charge in [-0.15, -0.1) is 0 Å². The van der Waals surface area contributed by atoms with Crippen molar-refractivity contribution in [2.75, 3.05) is 13.6 Å². The van der Waals surface area contributed by atoms with E-state index < -0.39 is 10.0 Å². The van der Waals surface area contributed by atoms with E-state index in [-0.39, 0.29) is 11.0 Å². The number of ether oxygens (including phenoxy) is 1. The molecule has 0 radical (unpaired) electrons. The molecule has 0 aromatic heterocycles. The zero-order valence-corrected chi connectivity index (χ0v) is 10.8. The van der Waals surface area contributed by atoms with Crippen molar-refractivity contribution in [2.24, 2.45) is 5.73 Å². The summed E-state index contributed by atoms with van der Waals surface area (Å²) in [4.78, 5) is 0.144. The number of hydrogen-bond acceptors (Lipinski definition) is 4. The Morgan fingerprint density at radius 1 is 1.59 bits per heavy atom. The Kier molecular flexibility index (Phi) is 3.31. The fourth-order valence-electron chi connectivity index (χ4n) is 1.76. The Hall–Kier alpha value is -0.820. The van der Waals surface area contributed by atoms with Crippen LogP contribution < -0.4 is 15.2 Å². The Morgan fingerprint density at radius 2 is 2.29 bits per heavy atom. The molecular weight excluding hydrogens is 264 g/mol. The molecule has 2 rings (SSSR count). The summed E-state index contributed by atoms with van der Waals surface area (Å²) in [5.41, 5.74) is 6.29.